The number of hydrogen-bond donors (Lipinski definition) is 3. The maximum absolute atomic E-state index is 11.5. The molecule has 22 heavy (non-hydrogen) atoms. The number of nitrogens with zero attached hydrogens (tertiary/aromatic N) is 1. The molecule has 3 N–H and O–H groups in total. The zero-order valence-electron chi connectivity index (χ0n) is 12.5. The molecule has 2 aromatic rings. The van der Waals surface area contributed by atoms with Gasteiger partial charge in [-0.3, -0.25) is 4.79 Å². The molecule has 0 spiro atoms. The number of aliphatic hydroxyl groups is 1. The van der Waals surface area contributed by atoms with Gasteiger partial charge in [0, 0.05) is 37.0 Å². The standard InChI is InChI=1S/C16H19NO5/c1-10(14(18)19)7-16(22,15(20)21)8-11-9-17(2)13-6-4-3-5-12(11)13/h3-6,9-10,22H,7-8H2,1-2H3,(H,18,19)(H,20,21)/t10-,16-/m0/s1. The summed E-state index contributed by atoms with van der Waals surface area (Å²) in [6.45, 7) is 1.39. The van der Waals surface area contributed by atoms with Crippen LogP contribution < -0.4 is 0 Å². The maximum atomic E-state index is 11.5. The van der Waals surface area contributed by atoms with Crippen molar-refractivity contribution < 1.29 is 24.9 Å². The smallest absolute Gasteiger partial charge is 0.336 e. The number of aliphatic carboxylic acids is 2. The molecule has 0 saturated heterocycles. The third kappa shape index (κ3) is 2.96. The molecule has 6 nitrogen and oxygen atoms in total. The van der Waals surface area contributed by atoms with Crippen LogP contribution in [0, 0.1) is 5.92 Å². The Morgan fingerprint density at radius 2 is 1.91 bits per heavy atom. The first-order valence-corrected chi connectivity index (χ1v) is 6.96. The number of aryl methyl sites for hydroxylation is 1. The summed E-state index contributed by atoms with van der Waals surface area (Å²) in [6.07, 6.45) is 1.28. The van der Waals surface area contributed by atoms with E-state index >= 15 is 0 Å². The Hall–Kier alpha value is -2.34. The molecule has 0 fully saturated rings. The van der Waals surface area contributed by atoms with Gasteiger partial charge in [0.25, 0.3) is 0 Å². The van der Waals surface area contributed by atoms with Crippen LogP contribution in [0.3, 0.4) is 0 Å². The largest absolute Gasteiger partial charge is 0.481 e. The van der Waals surface area contributed by atoms with Gasteiger partial charge in [0.15, 0.2) is 5.60 Å². The summed E-state index contributed by atoms with van der Waals surface area (Å²) >= 11 is 0. The van der Waals surface area contributed by atoms with Crippen LogP contribution >= 0.6 is 0 Å². The zero-order chi connectivity index (χ0) is 16.5. The number of fused-ring (bicyclic) bond motifs is 1. The molecular formula is C16H19NO5. The van der Waals surface area contributed by atoms with Crippen molar-refractivity contribution in [1.29, 1.82) is 0 Å². The highest BCUT2D eigenvalue weighted by molar-refractivity contribution is 5.86. The number of benzene rings is 1. The first kappa shape index (κ1) is 16.0. The average molecular weight is 305 g/mol. The Kier molecular flexibility index (Phi) is 4.23. The first-order valence-electron chi connectivity index (χ1n) is 6.96. The summed E-state index contributed by atoms with van der Waals surface area (Å²) in [6, 6.07) is 7.47. The van der Waals surface area contributed by atoms with Crippen molar-refractivity contribution >= 4 is 22.8 Å². The summed E-state index contributed by atoms with van der Waals surface area (Å²) in [5, 5.41) is 29.6. The summed E-state index contributed by atoms with van der Waals surface area (Å²) in [5.41, 5.74) is -0.501. The predicted molar refractivity (Wildman–Crippen MR) is 80.6 cm³/mol. The monoisotopic (exact) mass is 305 g/mol. The van der Waals surface area contributed by atoms with Crippen molar-refractivity contribution in [3.8, 4) is 0 Å². The lowest BCUT2D eigenvalue weighted by Crippen LogP contribution is -2.43. The Labute approximate surface area is 127 Å². The molecule has 2 atom stereocenters. The Morgan fingerprint density at radius 1 is 1.27 bits per heavy atom. The fourth-order valence-electron chi connectivity index (χ4n) is 2.71. The Bertz CT molecular complexity index is 720. The van der Waals surface area contributed by atoms with E-state index in [9.17, 15) is 19.8 Å². The number of para-hydroxylation sites is 1. The van der Waals surface area contributed by atoms with E-state index in [2.05, 4.69) is 0 Å². The quantitative estimate of drug-likeness (QED) is 0.753. The number of aromatic nitrogens is 1. The lowest BCUT2D eigenvalue weighted by Gasteiger charge is -2.25. The Morgan fingerprint density at radius 3 is 2.50 bits per heavy atom. The van der Waals surface area contributed by atoms with Crippen LogP contribution in [-0.2, 0) is 23.1 Å². The second-order valence-corrected chi connectivity index (χ2v) is 5.74. The summed E-state index contributed by atoms with van der Waals surface area (Å²) in [4.78, 5) is 22.4. The van der Waals surface area contributed by atoms with Crippen LogP contribution in [-0.4, -0.2) is 37.4 Å². The molecule has 0 bridgehead atoms. The van der Waals surface area contributed by atoms with Crippen LogP contribution in [0.25, 0.3) is 10.9 Å². The fourth-order valence-corrected chi connectivity index (χ4v) is 2.71. The van der Waals surface area contributed by atoms with Crippen molar-refractivity contribution in [2.75, 3.05) is 0 Å². The molecule has 0 unspecified atom stereocenters. The normalized spacial score (nSPS) is 15.4. The van der Waals surface area contributed by atoms with Gasteiger partial charge in [-0.25, -0.2) is 4.79 Å². The van der Waals surface area contributed by atoms with Gasteiger partial charge in [0.1, 0.15) is 0 Å². The number of carboxylic acids is 2. The van der Waals surface area contributed by atoms with E-state index in [-0.39, 0.29) is 12.8 Å². The van der Waals surface area contributed by atoms with Crippen molar-refractivity contribution in [2.24, 2.45) is 13.0 Å². The molecule has 1 heterocycles. The first-order chi connectivity index (χ1) is 10.2. The van der Waals surface area contributed by atoms with E-state index in [0.717, 1.165) is 10.9 Å². The minimum atomic E-state index is -2.11. The minimum Gasteiger partial charge on any atom is -0.481 e. The average Bonchev–Trinajstić information content (AvgIpc) is 2.75. The van der Waals surface area contributed by atoms with Gasteiger partial charge < -0.3 is 19.9 Å². The zero-order valence-corrected chi connectivity index (χ0v) is 12.5. The second-order valence-electron chi connectivity index (χ2n) is 5.74. The Balaban J connectivity index is 2.38. The minimum absolute atomic E-state index is 0.138. The van der Waals surface area contributed by atoms with E-state index in [1.54, 1.807) is 6.20 Å². The molecule has 0 aliphatic rings. The third-order valence-electron chi connectivity index (χ3n) is 3.93. The molecule has 0 amide bonds. The van der Waals surface area contributed by atoms with Crippen molar-refractivity contribution in [1.82, 2.24) is 4.57 Å². The van der Waals surface area contributed by atoms with E-state index in [0.29, 0.717) is 5.56 Å². The molecule has 118 valence electrons. The highest BCUT2D eigenvalue weighted by Gasteiger charge is 2.39. The summed E-state index contributed by atoms with van der Waals surface area (Å²) in [7, 11) is 1.84. The molecule has 0 saturated carbocycles. The van der Waals surface area contributed by atoms with Gasteiger partial charge in [-0.1, -0.05) is 25.1 Å². The number of carboxylic acid groups (broad SMARTS) is 2. The van der Waals surface area contributed by atoms with E-state index < -0.39 is 23.5 Å². The van der Waals surface area contributed by atoms with Crippen molar-refractivity contribution in [2.45, 2.75) is 25.4 Å². The van der Waals surface area contributed by atoms with Gasteiger partial charge in [0.2, 0.25) is 0 Å². The van der Waals surface area contributed by atoms with Gasteiger partial charge in [-0.2, -0.15) is 0 Å². The SMILES string of the molecule is C[C@@H](C[C@](O)(Cc1cn(C)c2ccccc12)C(=O)O)C(=O)O. The van der Waals surface area contributed by atoms with Crippen LogP contribution in [0.1, 0.15) is 18.9 Å². The van der Waals surface area contributed by atoms with Gasteiger partial charge >= 0.3 is 11.9 Å². The molecule has 1 aromatic heterocycles. The van der Waals surface area contributed by atoms with Gasteiger partial charge in [0.05, 0.1) is 5.92 Å². The molecule has 0 aliphatic heterocycles. The molecule has 0 aliphatic carbocycles. The van der Waals surface area contributed by atoms with Gasteiger partial charge in [-0.15, -0.1) is 0 Å². The topological polar surface area (TPSA) is 99.8 Å². The van der Waals surface area contributed by atoms with Crippen LogP contribution in [0.15, 0.2) is 30.5 Å². The predicted octanol–water partition coefficient (Wildman–Crippen LogP) is 1.65. The molecule has 1 aromatic carbocycles. The highest BCUT2D eigenvalue weighted by Crippen LogP contribution is 2.28. The highest BCUT2D eigenvalue weighted by atomic mass is 16.4. The lowest BCUT2D eigenvalue weighted by atomic mass is 9.86. The second kappa shape index (κ2) is 5.81. The van der Waals surface area contributed by atoms with Gasteiger partial charge in [-0.05, 0) is 11.6 Å². The lowest BCUT2D eigenvalue weighted by molar-refractivity contribution is -0.162. The van der Waals surface area contributed by atoms with Crippen LogP contribution in [0.4, 0.5) is 0 Å². The fraction of sp³-hybridized carbons (Fsp3) is 0.375. The van der Waals surface area contributed by atoms with E-state index in [1.807, 2.05) is 35.9 Å². The van der Waals surface area contributed by atoms with Crippen LogP contribution in [0.2, 0.25) is 0 Å². The summed E-state index contributed by atoms with van der Waals surface area (Å²) in [5.74, 6) is -3.48. The van der Waals surface area contributed by atoms with E-state index in [4.69, 9.17) is 5.11 Å². The maximum Gasteiger partial charge on any atom is 0.336 e. The third-order valence-corrected chi connectivity index (χ3v) is 3.93. The molecule has 0 radical (unpaired) electrons. The number of hydrogen-bond acceptors (Lipinski definition) is 3. The van der Waals surface area contributed by atoms with Crippen LogP contribution in [0.5, 0.6) is 0 Å². The molecular weight excluding hydrogens is 286 g/mol. The number of rotatable bonds is 6. The molecule has 2 rings (SSSR count). The molecule has 6 heteroatoms. The van der Waals surface area contributed by atoms with Crippen molar-refractivity contribution in [3.05, 3.63) is 36.0 Å². The number of carbonyl (C=O) groups is 2. The van der Waals surface area contributed by atoms with E-state index in [1.165, 1.54) is 6.92 Å². The summed E-state index contributed by atoms with van der Waals surface area (Å²) < 4.78 is 1.85. The van der Waals surface area contributed by atoms with Crippen molar-refractivity contribution in [3.63, 3.8) is 0 Å².